The number of aromatic nitrogens is 2. The van der Waals surface area contributed by atoms with Crippen LogP contribution in [0.1, 0.15) is 16.8 Å². The molecule has 5 nitrogen and oxygen atoms in total. The van der Waals surface area contributed by atoms with E-state index in [0.717, 1.165) is 11.3 Å². The standard InChI is InChI=1S/C11H11N5S/c1-7-2-3-8(5-14-7)6-15-11-9(4-12)10(13)16-17-11/h2-3,5,15H,6H2,1H3,(H2,13,16). The molecule has 0 aromatic carbocycles. The lowest BCUT2D eigenvalue weighted by atomic mass is 10.2. The molecule has 0 bridgehead atoms. The van der Waals surface area contributed by atoms with Crippen LogP contribution in [0.3, 0.4) is 0 Å². The summed E-state index contributed by atoms with van der Waals surface area (Å²) >= 11 is 1.19. The first kappa shape index (κ1) is 11.4. The monoisotopic (exact) mass is 245 g/mol. The minimum absolute atomic E-state index is 0.280. The number of anilines is 2. The fourth-order valence-electron chi connectivity index (χ4n) is 1.32. The van der Waals surface area contributed by atoms with Gasteiger partial charge in [-0.25, -0.2) is 0 Å². The predicted octanol–water partition coefficient (Wildman–Crippen LogP) is 1.91. The molecule has 2 heterocycles. The first-order valence-corrected chi connectivity index (χ1v) is 5.78. The maximum absolute atomic E-state index is 8.91. The average molecular weight is 245 g/mol. The highest BCUT2D eigenvalue weighted by atomic mass is 32.1. The van der Waals surface area contributed by atoms with Crippen LogP contribution in [0.25, 0.3) is 0 Å². The zero-order chi connectivity index (χ0) is 12.3. The number of hydrogen-bond donors (Lipinski definition) is 2. The minimum atomic E-state index is 0.280. The van der Waals surface area contributed by atoms with E-state index in [2.05, 4.69) is 14.7 Å². The lowest BCUT2D eigenvalue weighted by molar-refractivity contribution is 1.09. The van der Waals surface area contributed by atoms with Gasteiger partial charge in [0.2, 0.25) is 0 Å². The highest BCUT2D eigenvalue weighted by Gasteiger charge is 2.10. The number of nitriles is 1. The van der Waals surface area contributed by atoms with E-state index < -0.39 is 0 Å². The molecule has 2 aromatic heterocycles. The van der Waals surface area contributed by atoms with Gasteiger partial charge in [-0.05, 0) is 30.1 Å². The molecule has 0 aliphatic rings. The summed E-state index contributed by atoms with van der Waals surface area (Å²) in [6.45, 7) is 2.54. The summed E-state index contributed by atoms with van der Waals surface area (Å²) < 4.78 is 3.93. The number of pyridine rings is 1. The fourth-order valence-corrected chi connectivity index (χ4v) is 1.98. The Labute approximate surface area is 103 Å². The van der Waals surface area contributed by atoms with E-state index in [4.69, 9.17) is 11.0 Å². The molecule has 0 saturated carbocycles. The van der Waals surface area contributed by atoms with Crippen LogP contribution in [0, 0.1) is 18.3 Å². The van der Waals surface area contributed by atoms with Gasteiger partial charge < -0.3 is 11.1 Å². The van der Waals surface area contributed by atoms with Gasteiger partial charge in [0.15, 0.2) is 5.82 Å². The largest absolute Gasteiger partial charge is 0.382 e. The van der Waals surface area contributed by atoms with Gasteiger partial charge >= 0.3 is 0 Å². The molecule has 2 rings (SSSR count). The predicted molar refractivity (Wildman–Crippen MR) is 67.5 cm³/mol. The average Bonchev–Trinajstić information content (AvgIpc) is 2.69. The Bertz CT molecular complexity index is 552. The maximum atomic E-state index is 8.91. The lowest BCUT2D eigenvalue weighted by Gasteiger charge is -2.03. The van der Waals surface area contributed by atoms with E-state index in [-0.39, 0.29) is 5.82 Å². The van der Waals surface area contributed by atoms with Gasteiger partial charge in [0, 0.05) is 18.4 Å². The zero-order valence-corrected chi connectivity index (χ0v) is 10.1. The van der Waals surface area contributed by atoms with Gasteiger partial charge in [-0.2, -0.15) is 9.64 Å². The summed E-state index contributed by atoms with van der Waals surface area (Å²) in [6, 6.07) is 5.97. The molecule has 0 amide bonds. The van der Waals surface area contributed by atoms with Gasteiger partial charge in [-0.1, -0.05) is 6.07 Å². The zero-order valence-electron chi connectivity index (χ0n) is 9.27. The summed E-state index contributed by atoms with van der Waals surface area (Å²) in [6.07, 6.45) is 1.80. The minimum Gasteiger partial charge on any atom is -0.382 e. The van der Waals surface area contributed by atoms with Crippen LogP contribution in [-0.4, -0.2) is 9.36 Å². The fraction of sp³-hybridized carbons (Fsp3) is 0.182. The third-order valence-corrected chi connectivity index (χ3v) is 3.07. The normalized spacial score (nSPS) is 9.88. The van der Waals surface area contributed by atoms with Crippen LogP contribution in [0.5, 0.6) is 0 Å². The molecule has 6 heteroatoms. The molecule has 2 aromatic rings. The summed E-state index contributed by atoms with van der Waals surface area (Å²) in [5.74, 6) is 0.280. The van der Waals surface area contributed by atoms with Crippen LogP contribution < -0.4 is 11.1 Å². The number of nitrogen functional groups attached to an aromatic ring is 1. The first-order chi connectivity index (χ1) is 8.20. The molecule has 0 aliphatic heterocycles. The van der Waals surface area contributed by atoms with Gasteiger partial charge in [-0.15, -0.1) is 0 Å². The van der Waals surface area contributed by atoms with Gasteiger partial charge in [0.1, 0.15) is 16.6 Å². The van der Waals surface area contributed by atoms with Crippen LogP contribution >= 0.6 is 11.5 Å². The third-order valence-electron chi connectivity index (χ3n) is 2.26. The van der Waals surface area contributed by atoms with Crippen molar-refractivity contribution in [3.8, 4) is 6.07 Å². The molecular formula is C11H11N5S. The van der Waals surface area contributed by atoms with E-state index >= 15 is 0 Å². The van der Waals surface area contributed by atoms with Crippen molar-refractivity contribution in [2.45, 2.75) is 13.5 Å². The van der Waals surface area contributed by atoms with Crippen molar-refractivity contribution < 1.29 is 0 Å². The topological polar surface area (TPSA) is 87.6 Å². The van der Waals surface area contributed by atoms with Crippen molar-refractivity contribution in [1.82, 2.24) is 9.36 Å². The molecule has 0 aliphatic carbocycles. The Balaban J connectivity index is 2.08. The van der Waals surface area contributed by atoms with Gasteiger partial charge in [0.25, 0.3) is 0 Å². The van der Waals surface area contributed by atoms with Crippen molar-refractivity contribution in [2.75, 3.05) is 11.1 Å². The molecular weight excluding hydrogens is 234 g/mol. The molecule has 0 atom stereocenters. The van der Waals surface area contributed by atoms with Crippen molar-refractivity contribution in [1.29, 1.82) is 5.26 Å². The van der Waals surface area contributed by atoms with Crippen LogP contribution in [0.4, 0.5) is 10.8 Å². The molecule has 0 radical (unpaired) electrons. The van der Waals surface area contributed by atoms with E-state index in [1.54, 1.807) is 6.20 Å². The number of nitrogens with one attached hydrogen (secondary N) is 1. The Morgan fingerprint density at radius 3 is 3.00 bits per heavy atom. The molecule has 17 heavy (non-hydrogen) atoms. The van der Waals surface area contributed by atoms with Crippen molar-refractivity contribution in [3.05, 3.63) is 35.2 Å². The lowest BCUT2D eigenvalue weighted by Crippen LogP contribution is -2.00. The highest BCUT2D eigenvalue weighted by molar-refractivity contribution is 7.10. The Morgan fingerprint density at radius 1 is 1.53 bits per heavy atom. The Morgan fingerprint density at radius 2 is 2.35 bits per heavy atom. The number of aryl methyl sites for hydroxylation is 1. The molecule has 0 spiro atoms. The van der Waals surface area contributed by atoms with Crippen molar-refractivity contribution in [2.24, 2.45) is 0 Å². The second kappa shape index (κ2) is 4.80. The number of nitrogens with zero attached hydrogens (tertiary/aromatic N) is 3. The SMILES string of the molecule is Cc1ccc(CNc2snc(N)c2C#N)cn1. The maximum Gasteiger partial charge on any atom is 0.157 e. The second-order valence-corrected chi connectivity index (χ2v) is 4.32. The van der Waals surface area contributed by atoms with E-state index in [1.165, 1.54) is 11.5 Å². The van der Waals surface area contributed by atoms with Crippen molar-refractivity contribution in [3.63, 3.8) is 0 Å². The van der Waals surface area contributed by atoms with E-state index in [0.29, 0.717) is 17.1 Å². The Hall–Kier alpha value is -2.13. The number of rotatable bonds is 3. The van der Waals surface area contributed by atoms with Gasteiger partial charge in [0.05, 0.1) is 0 Å². The van der Waals surface area contributed by atoms with Crippen molar-refractivity contribution >= 4 is 22.4 Å². The second-order valence-electron chi connectivity index (χ2n) is 3.55. The summed E-state index contributed by atoms with van der Waals surface area (Å²) in [4.78, 5) is 4.20. The van der Waals surface area contributed by atoms with Crippen LogP contribution in [0.2, 0.25) is 0 Å². The van der Waals surface area contributed by atoms with E-state index in [1.807, 2.05) is 25.1 Å². The summed E-state index contributed by atoms with van der Waals surface area (Å²) in [5.41, 5.74) is 8.01. The number of nitrogens with two attached hydrogens (primary N) is 1. The molecule has 0 unspecified atom stereocenters. The van der Waals surface area contributed by atoms with Crippen LogP contribution in [-0.2, 0) is 6.54 Å². The molecule has 0 fully saturated rings. The molecule has 0 saturated heterocycles. The van der Waals surface area contributed by atoms with E-state index in [9.17, 15) is 0 Å². The number of hydrogen-bond acceptors (Lipinski definition) is 6. The van der Waals surface area contributed by atoms with Crippen LogP contribution in [0.15, 0.2) is 18.3 Å². The third kappa shape index (κ3) is 2.52. The highest BCUT2D eigenvalue weighted by Crippen LogP contribution is 2.25. The first-order valence-electron chi connectivity index (χ1n) is 5.01. The molecule has 3 N–H and O–H groups in total. The van der Waals surface area contributed by atoms with Gasteiger partial charge in [-0.3, -0.25) is 4.98 Å². The quantitative estimate of drug-likeness (QED) is 0.862. The Kier molecular flexibility index (Phi) is 3.21. The molecule has 86 valence electrons. The summed E-state index contributed by atoms with van der Waals surface area (Å²) in [7, 11) is 0. The smallest absolute Gasteiger partial charge is 0.157 e. The summed E-state index contributed by atoms with van der Waals surface area (Å²) in [5, 5.41) is 12.7.